The van der Waals surface area contributed by atoms with Gasteiger partial charge < -0.3 is 19.6 Å². The molecule has 3 N–H and O–H groups in total. The Morgan fingerprint density at radius 1 is 0.862 bits per heavy atom. The van der Waals surface area contributed by atoms with E-state index in [0.29, 0.717) is 0 Å². The number of carbonyl (C=O) groups is 1. The number of esters is 1. The molecule has 0 aromatic carbocycles. The van der Waals surface area contributed by atoms with E-state index in [-0.39, 0.29) is 13.0 Å². The number of ether oxygens (including phenoxy) is 1. The number of aliphatic hydroxyl groups excluding tert-OH is 1. The van der Waals surface area contributed by atoms with Gasteiger partial charge in [-0.2, -0.15) is 0 Å². The summed E-state index contributed by atoms with van der Waals surface area (Å²) >= 11 is 0. The zero-order valence-corrected chi connectivity index (χ0v) is 18.7. The lowest BCUT2D eigenvalue weighted by molar-refractivity contribution is -0.147. The summed E-state index contributed by atoms with van der Waals surface area (Å²) < 4.78 is 19.5. The van der Waals surface area contributed by atoms with Crippen LogP contribution < -0.4 is 0 Å². The number of rotatable bonds is 18. The molecule has 0 bridgehead atoms. The predicted octanol–water partition coefficient (Wildman–Crippen LogP) is 4.48. The molecule has 0 aromatic heterocycles. The molecule has 1 unspecified atom stereocenters. The Morgan fingerprint density at radius 3 is 1.93 bits per heavy atom. The second-order valence-corrected chi connectivity index (χ2v) is 8.50. The van der Waals surface area contributed by atoms with Gasteiger partial charge in [0.15, 0.2) is 0 Å². The molecule has 1 atom stereocenters. The molecule has 0 radical (unpaired) electrons. The van der Waals surface area contributed by atoms with E-state index in [9.17, 15) is 14.5 Å². The van der Waals surface area contributed by atoms with Gasteiger partial charge in [-0.05, 0) is 19.3 Å². The zero-order chi connectivity index (χ0) is 21.8. The van der Waals surface area contributed by atoms with Crippen LogP contribution in [0.2, 0.25) is 0 Å². The van der Waals surface area contributed by atoms with Gasteiger partial charge in [0.05, 0.1) is 6.61 Å². The van der Waals surface area contributed by atoms with E-state index in [4.69, 9.17) is 14.5 Å². The Kier molecular flexibility index (Phi) is 18.5. The van der Waals surface area contributed by atoms with Crippen LogP contribution in [0.4, 0.5) is 0 Å². The second-order valence-electron chi connectivity index (χ2n) is 7.26. The molecule has 0 aliphatic rings. The van der Waals surface area contributed by atoms with Crippen molar-refractivity contribution in [2.75, 3.05) is 13.2 Å². The molecule has 0 heterocycles. The van der Waals surface area contributed by atoms with Gasteiger partial charge in [-0.3, -0.25) is 9.32 Å². The van der Waals surface area contributed by atoms with E-state index in [2.05, 4.69) is 23.3 Å². The smallest absolute Gasteiger partial charge is 0.463 e. The summed E-state index contributed by atoms with van der Waals surface area (Å²) in [6.07, 6.45) is 13.6. The average Bonchev–Trinajstić information content (AvgIpc) is 2.67. The van der Waals surface area contributed by atoms with Gasteiger partial charge in [0.1, 0.15) is 12.7 Å². The Labute approximate surface area is 175 Å². The molecule has 0 spiro atoms. The first-order chi connectivity index (χ1) is 13.8. The number of phosphoric ester groups is 1. The molecule has 8 heteroatoms. The lowest BCUT2D eigenvalue weighted by atomic mass is 10.1. The van der Waals surface area contributed by atoms with Crippen molar-refractivity contribution in [3.05, 3.63) is 0 Å². The van der Waals surface area contributed by atoms with Crippen molar-refractivity contribution >= 4 is 13.8 Å². The van der Waals surface area contributed by atoms with E-state index < -0.39 is 26.5 Å². The molecule has 0 aromatic rings. The molecule has 0 aliphatic heterocycles. The molecule has 0 aliphatic carbocycles. The van der Waals surface area contributed by atoms with Crippen molar-refractivity contribution in [1.82, 2.24) is 0 Å². The summed E-state index contributed by atoms with van der Waals surface area (Å²) in [6.45, 7) is 1.31. The number of carbonyl (C=O) groups excluding carboxylic acids is 1. The SMILES string of the molecule is CCCCCCCCC#CCCCCCCCC(=O)OCC(O)COP(=O)(O)O. The zero-order valence-electron chi connectivity index (χ0n) is 17.8. The fourth-order valence-corrected chi connectivity index (χ4v) is 3.04. The maximum absolute atomic E-state index is 11.5. The molecule has 29 heavy (non-hydrogen) atoms. The summed E-state index contributed by atoms with van der Waals surface area (Å²) in [6, 6.07) is 0. The van der Waals surface area contributed by atoms with Gasteiger partial charge in [0.2, 0.25) is 0 Å². The Bertz CT molecular complexity index is 507. The summed E-state index contributed by atoms with van der Waals surface area (Å²) in [5.41, 5.74) is 0. The van der Waals surface area contributed by atoms with Crippen LogP contribution in [0.5, 0.6) is 0 Å². The third kappa shape index (κ3) is 23.2. The van der Waals surface area contributed by atoms with E-state index >= 15 is 0 Å². The first-order valence-electron chi connectivity index (χ1n) is 10.8. The second kappa shape index (κ2) is 19.1. The average molecular weight is 435 g/mol. The van der Waals surface area contributed by atoms with Gasteiger partial charge in [-0.25, -0.2) is 4.57 Å². The topological polar surface area (TPSA) is 113 Å². The summed E-state index contributed by atoms with van der Waals surface area (Å²) in [4.78, 5) is 28.6. The quantitative estimate of drug-likeness (QED) is 0.126. The number of unbranched alkanes of at least 4 members (excludes halogenated alkanes) is 11. The molecule has 0 fully saturated rings. The summed E-state index contributed by atoms with van der Waals surface area (Å²) in [5.74, 6) is 6.06. The lowest BCUT2D eigenvalue weighted by Gasteiger charge is -2.12. The van der Waals surface area contributed by atoms with Crippen molar-refractivity contribution in [1.29, 1.82) is 0 Å². The number of phosphoric acid groups is 1. The molecule has 0 saturated carbocycles. The first kappa shape index (κ1) is 28.1. The number of hydrogen-bond acceptors (Lipinski definition) is 5. The van der Waals surface area contributed by atoms with Gasteiger partial charge >= 0.3 is 13.8 Å². The van der Waals surface area contributed by atoms with Crippen LogP contribution in [0.15, 0.2) is 0 Å². The van der Waals surface area contributed by atoms with Crippen LogP contribution in [0.1, 0.15) is 96.8 Å². The molecule has 170 valence electrons. The minimum Gasteiger partial charge on any atom is -0.463 e. The third-order valence-electron chi connectivity index (χ3n) is 4.33. The minimum absolute atomic E-state index is 0.268. The summed E-state index contributed by atoms with van der Waals surface area (Å²) in [5, 5.41) is 9.41. The highest BCUT2D eigenvalue weighted by Gasteiger charge is 2.17. The number of aliphatic hydroxyl groups is 1. The third-order valence-corrected chi connectivity index (χ3v) is 4.82. The minimum atomic E-state index is -4.62. The largest absolute Gasteiger partial charge is 0.469 e. The Morgan fingerprint density at radius 2 is 1.38 bits per heavy atom. The van der Waals surface area contributed by atoms with Crippen molar-refractivity contribution < 1.29 is 33.5 Å². The van der Waals surface area contributed by atoms with E-state index in [1.807, 2.05) is 0 Å². The van der Waals surface area contributed by atoms with E-state index in [1.54, 1.807) is 0 Å². The fourth-order valence-electron chi connectivity index (χ4n) is 2.68. The standard InChI is InChI=1S/C21H39O7P/c1-2-3-4-5-6-7-8-9-10-11-12-13-14-15-16-17-21(23)27-18-20(22)19-28-29(24,25)26/h20,22H,2-8,11-19H2,1H3,(H2,24,25,26). The van der Waals surface area contributed by atoms with Gasteiger partial charge in [0, 0.05) is 19.3 Å². The van der Waals surface area contributed by atoms with Crippen molar-refractivity contribution in [3.63, 3.8) is 0 Å². The monoisotopic (exact) mass is 434 g/mol. The lowest BCUT2D eigenvalue weighted by Crippen LogP contribution is -2.23. The molecule has 0 amide bonds. The predicted molar refractivity (Wildman–Crippen MR) is 113 cm³/mol. The summed E-state index contributed by atoms with van der Waals surface area (Å²) in [7, 11) is -4.62. The highest BCUT2D eigenvalue weighted by Crippen LogP contribution is 2.35. The molecule has 0 saturated heterocycles. The van der Waals surface area contributed by atoms with Crippen molar-refractivity contribution in [2.24, 2.45) is 0 Å². The van der Waals surface area contributed by atoms with Crippen LogP contribution in [-0.4, -0.2) is 40.2 Å². The van der Waals surface area contributed by atoms with Crippen LogP contribution in [0.3, 0.4) is 0 Å². The molecule has 7 nitrogen and oxygen atoms in total. The molecule has 0 rings (SSSR count). The fraction of sp³-hybridized carbons (Fsp3) is 0.857. The van der Waals surface area contributed by atoms with Gasteiger partial charge in [0.25, 0.3) is 0 Å². The maximum Gasteiger partial charge on any atom is 0.469 e. The van der Waals surface area contributed by atoms with Crippen molar-refractivity contribution in [2.45, 2.75) is 103 Å². The Balaban J connectivity index is 3.41. The van der Waals surface area contributed by atoms with E-state index in [0.717, 1.165) is 44.9 Å². The Hall–Kier alpha value is -0.900. The molecular weight excluding hydrogens is 395 g/mol. The van der Waals surface area contributed by atoms with Crippen LogP contribution >= 0.6 is 7.82 Å². The highest BCUT2D eigenvalue weighted by molar-refractivity contribution is 7.46. The van der Waals surface area contributed by atoms with Crippen LogP contribution in [0, 0.1) is 11.8 Å². The number of hydrogen-bond donors (Lipinski definition) is 3. The highest BCUT2D eigenvalue weighted by atomic mass is 31.2. The maximum atomic E-state index is 11.5. The normalized spacial score (nSPS) is 12.3. The van der Waals surface area contributed by atoms with Crippen molar-refractivity contribution in [3.8, 4) is 11.8 Å². The van der Waals surface area contributed by atoms with Crippen LogP contribution in [-0.2, 0) is 18.6 Å². The van der Waals surface area contributed by atoms with Gasteiger partial charge in [-0.15, -0.1) is 11.8 Å². The van der Waals surface area contributed by atoms with Gasteiger partial charge in [-0.1, -0.05) is 58.3 Å². The first-order valence-corrected chi connectivity index (χ1v) is 12.4. The van der Waals surface area contributed by atoms with Crippen LogP contribution in [0.25, 0.3) is 0 Å². The van der Waals surface area contributed by atoms with E-state index in [1.165, 1.54) is 38.5 Å². The molecular formula is C21H39O7P.